The van der Waals surface area contributed by atoms with Gasteiger partial charge in [-0.25, -0.2) is 0 Å². The molecule has 140 valence electrons. The minimum absolute atomic E-state index is 0.0582. The molecule has 0 fully saturated rings. The van der Waals surface area contributed by atoms with Crippen LogP contribution in [0.25, 0.3) is 0 Å². The molecule has 3 aromatic carbocycles. The number of ketones is 1. The van der Waals surface area contributed by atoms with Crippen LogP contribution in [0.4, 0.5) is 11.4 Å². The Morgan fingerprint density at radius 2 is 1.54 bits per heavy atom. The molecule has 0 unspecified atom stereocenters. The number of nitrogens with one attached hydrogen (secondary N) is 1. The molecule has 0 saturated carbocycles. The zero-order chi connectivity index (χ0) is 20.3. The van der Waals surface area contributed by atoms with Gasteiger partial charge in [-0.05, 0) is 42.5 Å². The molecular weight excluding hydrogens is 403 g/mol. The maximum atomic E-state index is 12.9. The lowest BCUT2D eigenvalue weighted by atomic mass is 9.97. The maximum Gasteiger partial charge on any atom is 0.288 e. The molecule has 0 bridgehead atoms. The fourth-order valence-electron chi connectivity index (χ4n) is 2.56. The third-order valence-corrected chi connectivity index (χ3v) is 4.50. The predicted molar refractivity (Wildman–Crippen MR) is 107 cm³/mol. The molecule has 0 heterocycles. The molecule has 1 amide bonds. The molecule has 8 heteroatoms. The van der Waals surface area contributed by atoms with Gasteiger partial charge in [0.05, 0.1) is 10.5 Å². The summed E-state index contributed by atoms with van der Waals surface area (Å²) in [6.07, 6.45) is 0. The van der Waals surface area contributed by atoms with E-state index in [0.29, 0.717) is 10.7 Å². The lowest BCUT2D eigenvalue weighted by molar-refractivity contribution is -0.384. The number of nitrogens with zero attached hydrogens (tertiary/aromatic N) is 1. The van der Waals surface area contributed by atoms with Crippen LogP contribution < -0.4 is 5.32 Å². The molecule has 0 aliphatic rings. The maximum absolute atomic E-state index is 12.9. The third-order valence-electron chi connectivity index (χ3n) is 3.92. The van der Waals surface area contributed by atoms with E-state index in [4.69, 9.17) is 23.2 Å². The van der Waals surface area contributed by atoms with Crippen molar-refractivity contribution < 1.29 is 14.5 Å². The van der Waals surface area contributed by atoms with Crippen LogP contribution in [0.1, 0.15) is 26.3 Å². The first-order chi connectivity index (χ1) is 13.4. The molecular formula is C20H12Cl2N2O4. The van der Waals surface area contributed by atoms with Gasteiger partial charge in [0, 0.05) is 27.9 Å². The van der Waals surface area contributed by atoms with Gasteiger partial charge in [-0.3, -0.25) is 19.7 Å². The van der Waals surface area contributed by atoms with Crippen molar-refractivity contribution in [3.05, 3.63) is 104 Å². The molecule has 6 nitrogen and oxygen atoms in total. The van der Waals surface area contributed by atoms with Gasteiger partial charge >= 0.3 is 0 Å². The Hall–Kier alpha value is -3.22. The summed E-state index contributed by atoms with van der Waals surface area (Å²) in [6, 6.07) is 16.5. The molecule has 0 aliphatic carbocycles. The van der Waals surface area contributed by atoms with Crippen molar-refractivity contribution >= 4 is 46.3 Å². The normalized spacial score (nSPS) is 10.4. The summed E-state index contributed by atoms with van der Waals surface area (Å²) in [5.41, 5.74) is 0.447. The van der Waals surface area contributed by atoms with Crippen LogP contribution in [0.3, 0.4) is 0 Å². The van der Waals surface area contributed by atoms with E-state index in [1.54, 1.807) is 36.4 Å². The van der Waals surface area contributed by atoms with Crippen LogP contribution >= 0.6 is 23.2 Å². The van der Waals surface area contributed by atoms with E-state index >= 15 is 0 Å². The Morgan fingerprint density at radius 3 is 2.18 bits per heavy atom. The lowest BCUT2D eigenvalue weighted by Crippen LogP contribution is -2.17. The minimum Gasteiger partial charge on any atom is -0.322 e. The first kappa shape index (κ1) is 19.5. The van der Waals surface area contributed by atoms with Crippen molar-refractivity contribution in [3.8, 4) is 0 Å². The SMILES string of the molecule is O=C(Nc1ccc(Cl)cc1)c1ccccc1C(=O)c1ccc(Cl)c([N+](=O)[O-])c1. The molecule has 0 saturated heterocycles. The van der Waals surface area contributed by atoms with Gasteiger partial charge in [-0.1, -0.05) is 41.4 Å². The van der Waals surface area contributed by atoms with Crippen molar-refractivity contribution in [1.29, 1.82) is 0 Å². The number of benzene rings is 3. The molecule has 28 heavy (non-hydrogen) atoms. The largest absolute Gasteiger partial charge is 0.322 e. The van der Waals surface area contributed by atoms with E-state index in [0.717, 1.165) is 6.07 Å². The van der Waals surface area contributed by atoms with Crippen LogP contribution in [0.5, 0.6) is 0 Å². The monoisotopic (exact) mass is 414 g/mol. The van der Waals surface area contributed by atoms with Crippen molar-refractivity contribution in [1.82, 2.24) is 0 Å². The predicted octanol–water partition coefficient (Wildman–Crippen LogP) is 5.38. The smallest absolute Gasteiger partial charge is 0.288 e. The quantitative estimate of drug-likeness (QED) is 0.344. The zero-order valence-corrected chi connectivity index (χ0v) is 15.7. The average molecular weight is 415 g/mol. The van der Waals surface area contributed by atoms with Crippen molar-refractivity contribution in [2.75, 3.05) is 5.32 Å². The summed E-state index contributed by atoms with van der Waals surface area (Å²) in [4.78, 5) is 36.0. The van der Waals surface area contributed by atoms with Gasteiger partial charge in [0.1, 0.15) is 5.02 Å². The Kier molecular flexibility index (Phi) is 5.73. The average Bonchev–Trinajstić information content (AvgIpc) is 2.69. The summed E-state index contributed by atoms with van der Waals surface area (Å²) in [5, 5.41) is 14.2. The lowest BCUT2D eigenvalue weighted by Gasteiger charge is -2.10. The van der Waals surface area contributed by atoms with Gasteiger partial charge in [-0.2, -0.15) is 0 Å². The first-order valence-corrected chi connectivity index (χ1v) is 8.77. The van der Waals surface area contributed by atoms with Crippen LogP contribution in [0.15, 0.2) is 66.7 Å². The Morgan fingerprint density at radius 1 is 0.893 bits per heavy atom. The molecule has 0 spiro atoms. The second kappa shape index (κ2) is 8.21. The second-order valence-electron chi connectivity index (χ2n) is 5.76. The van der Waals surface area contributed by atoms with Crippen LogP contribution in [0, 0.1) is 10.1 Å². The fourth-order valence-corrected chi connectivity index (χ4v) is 2.87. The summed E-state index contributed by atoms with van der Waals surface area (Å²) in [5.74, 6) is -1.02. The third kappa shape index (κ3) is 4.19. The summed E-state index contributed by atoms with van der Waals surface area (Å²) < 4.78 is 0. The first-order valence-electron chi connectivity index (χ1n) is 8.01. The van der Waals surface area contributed by atoms with E-state index in [1.807, 2.05) is 0 Å². The standard InChI is InChI=1S/C20H12Cl2N2O4/c21-13-6-8-14(9-7-13)23-20(26)16-4-2-1-3-15(16)19(25)12-5-10-17(22)18(11-12)24(27)28/h1-11H,(H,23,26). The van der Waals surface area contributed by atoms with Crippen molar-refractivity contribution in [2.24, 2.45) is 0 Å². The van der Waals surface area contributed by atoms with Gasteiger partial charge < -0.3 is 5.32 Å². The number of rotatable bonds is 5. The van der Waals surface area contributed by atoms with E-state index < -0.39 is 16.6 Å². The second-order valence-corrected chi connectivity index (χ2v) is 6.60. The molecule has 3 aromatic rings. The fraction of sp³-hybridized carbons (Fsp3) is 0. The van der Waals surface area contributed by atoms with Gasteiger partial charge in [0.25, 0.3) is 11.6 Å². The molecule has 0 aliphatic heterocycles. The minimum atomic E-state index is -0.668. The highest BCUT2D eigenvalue weighted by Crippen LogP contribution is 2.27. The van der Waals surface area contributed by atoms with Crippen LogP contribution in [0.2, 0.25) is 10.0 Å². The number of carbonyl (C=O) groups excluding carboxylic acids is 2. The number of amides is 1. The van der Waals surface area contributed by atoms with Crippen LogP contribution in [-0.4, -0.2) is 16.6 Å². The van der Waals surface area contributed by atoms with E-state index in [9.17, 15) is 19.7 Å². The van der Waals surface area contributed by atoms with Crippen molar-refractivity contribution in [3.63, 3.8) is 0 Å². The number of nitro groups is 1. The van der Waals surface area contributed by atoms with E-state index in [-0.39, 0.29) is 27.4 Å². The number of anilines is 1. The van der Waals surface area contributed by atoms with Gasteiger partial charge in [0.2, 0.25) is 0 Å². The molecule has 0 atom stereocenters. The number of hydrogen-bond acceptors (Lipinski definition) is 4. The highest BCUT2D eigenvalue weighted by molar-refractivity contribution is 6.33. The molecule has 3 rings (SSSR count). The number of hydrogen-bond donors (Lipinski definition) is 1. The van der Waals surface area contributed by atoms with E-state index in [2.05, 4.69) is 5.32 Å². The molecule has 0 radical (unpaired) electrons. The summed E-state index contributed by atoms with van der Waals surface area (Å²) >= 11 is 11.6. The Bertz CT molecular complexity index is 1080. The molecule has 0 aromatic heterocycles. The molecule has 1 N–H and O–H groups in total. The highest BCUT2D eigenvalue weighted by atomic mass is 35.5. The van der Waals surface area contributed by atoms with Gasteiger partial charge in [-0.15, -0.1) is 0 Å². The summed E-state index contributed by atoms with van der Waals surface area (Å²) in [7, 11) is 0. The van der Waals surface area contributed by atoms with E-state index in [1.165, 1.54) is 24.3 Å². The number of nitro benzene ring substituents is 1. The number of halogens is 2. The highest BCUT2D eigenvalue weighted by Gasteiger charge is 2.21. The van der Waals surface area contributed by atoms with Gasteiger partial charge in [0.15, 0.2) is 5.78 Å². The number of carbonyl (C=O) groups is 2. The topological polar surface area (TPSA) is 89.3 Å². The van der Waals surface area contributed by atoms with Crippen LogP contribution in [-0.2, 0) is 0 Å². The zero-order valence-electron chi connectivity index (χ0n) is 14.2. The van der Waals surface area contributed by atoms with Crippen molar-refractivity contribution in [2.45, 2.75) is 0 Å². The summed E-state index contributed by atoms with van der Waals surface area (Å²) in [6.45, 7) is 0. The Balaban J connectivity index is 1.94. The Labute approximate surface area is 169 Å².